The third-order valence-corrected chi connectivity index (χ3v) is 0. The Morgan fingerprint density at radius 3 is 1.25 bits per heavy atom. The molecule has 1 radical (unpaired) electrons. The Kier molecular flexibility index (Phi) is 20.1. The predicted octanol–water partition coefficient (Wildman–Crippen LogP) is -0.798. The fourth-order valence-electron chi connectivity index (χ4n) is 0. The molecule has 0 aromatic carbocycles. The first-order valence-electron chi connectivity index (χ1n) is 0.516. The van der Waals surface area contributed by atoms with E-state index in [-0.39, 0.29) is 36.4 Å². The first kappa shape index (κ1) is 8.87. The molecule has 0 spiro atoms. The molecular formula is CH4NaO2. The van der Waals surface area contributed by atoms with Gasteiger partial charge in [-0.05, 0) is 0 Å². The molecule has 0 aliphatic carbocycles. The first-order valence-corrected chi connectivity index (χ1v) is 0.516. The molecule has 21 valence electrons. The predicted molar refractivity (Wildman–Crippen MR) is 15.3 cm³/mol. The summed E-state index contributed by atoms with van der Waals surface area (Å²) in [4.78, 5) is 0. The molecule has 0 saturated carbocycles. The Bertz CT molecular complexity index is 6.00. The van der Waals surface area contributed by atoms with Gasteiger partial charge in [-0.3, -0.25) is 0 Å². The van der Waals surface area contributed by atoms with E-state index in [9.17, 15) is 0 Å². The Morgan fingerprint density at radius 2 is 1.25 bits per heavy atom. The summed E-state index contributed by atoms with van der Waals surface area (Å²) in [5, 5.41) is 14.0. The summed E-state index contributed by atoms with van der Waals surface area (Å²) in [7, 11) is 0. The van der Waals surface area contributed by atoms with Gasteiger partial charge < -0.3 is 10.2 Å². The van der Waals surface area contributed by atoms with Crippen LogP contribution in [-0.4, -0.2) is 39.8 Å². The first-order chi connectivity index (χ1) is 1.41. The number of hydrogen-bond acceptors (Lipinski definition) is 2. The van der Waals surface area contributed by atoms with E-state index in [0.29, 0.717) is 0 Å². The van der Waals surface area contributed by atoms with Crippen molar-refractivity contribution in [1.82, 2.24) is 0 Å². The standard InChI is InChI=1S/CH3O2.Na.H/c2-1-3;;/h1-3H;;. The zero-order valence-corrected chi connectivity index (χ0v) is 1.47. The van der Waals surface area contributed by atoms with Gasteiger partial charge in [0.25, 0.3) is 0 Å². The molecule has 0 bridgehead atoms. The molecule has 0 aromatic rings. The van der Waals surface area contributed by atoms with Gasteiger partial charge in [0.1, 0.15) is 0 Å². The SMILES string of the molecule is O[CH]O.[NaH]. The molecule has 0 fully saturated rings. The van der Waals surface area contributed by atoms with E-state index >= 15 is 0 Å². The van der Waals surface area contributed by atoms with Gasteiger partial charge in [-0.25, -0.2) is 0 Å². The second-order valence-electron chi connectivity index (χ2n) is 0.115. The van der Waals surface area contributed by atoms with Crippen molar-refractivity contribution in [2.75, 3.05) is 0 Å². The van der Waals surface area contributed by atoms with Crippen LogP contribution in [0.5, 0.6) is 0 Å². The zero-order valence-electron chi connectivity index (χ0n) is 1.47. The summed E-state index contributed by atoms with van der Waals surface area (Å²) in [6.07, 6.45) is 0. The van der Waals surface area contributed by atoms with Crippen LogP contribution in [0, 0.1) is 6.79 Å². The van der Waals surface area contributed by atoms with E-state index in [1.807, 2.05) is 0 Å². The fourth-order valence-corrected chi connectivity index (χ4v) is 0. The summed E-state index contributed by atoms with van der Waals surface area (Å²) in [6.45, 7) is 0. The van der Waals surface area contributed by atoms with Gasteiger partial charge in [0.05, 0.1) is 0 Å². The number of rotatable bonds is 0. The monoisotopic (exact) mass is 71.0 g/mol. The van der Waals surface area contributed by atoms with Crippen LogP contribution in [-0.2, 0) is 0 Å². The molecule has 2 nitrogen and oxygen atoms in total. The van der Waals surface area contributed by atoms with Gasteiger partial charge >= 0.3 is 29.6 Å². The molecule has 0 saturated heterocycles. The van der Waals surface area contributed by atoms with Crippen LogP contribution in [0.3, 0.4) is 0 Å². The van der Waals surface area contributed by atoms with E-state index < -0.39 is 0 Å². The summed E-state index contributed by atoms with van der Waals surface area (Å²) >= 11 is 0. The molecule has 4 heavy (non-hydrogen) atoms. The van der Waals surface area contributed by atoms with Gasteiger partial charge in [0.2, 0.25) is 6.79 Å². The van der Waals surface area contributed by atoms with E-state index in [4.69, 9.17) is 10.2 Å². The van der Waals surface area contributed by atoms with Crippen molar-refractivity contribution in [2.24, 2.45) is 0 Å². The molecule has 0 aliphatic heterocycles. The Labute approximate surface area is 46.7 Å². The third kappa shape index (κ3) is 12.7. The fraction of sp³-hybridized carbons (Fsp3) is 0. The van der Waals surface area contributed by atoms with Crippen molar-refractivity contribution in [1.29, 1.82) is 0 Å². The molecule has 2 N–H and O–H groups in total. The second kappa shape index (κ2) is 9.07. The van der Waals surface area contributed by atoms with Gasteiger partial charge in [-0.2, -0.15) is 0 Å². The van der Waals surface area contributed by atoms with E-state index in [2.05, 4.69) is 0 Å². The molecule has 0 amide bonds. The maximum absolute atomic E-state index is 7.00. The topological polar surface area (TPSA) is 40.5 Å². The van der Waals surface area contributed by atoms with Crippen LogP contribution >= 0.6 is 0 Å². The minimum absolute atomic E-state index is 0. The summed E-state index contributed by atoms with van der Waals surface area (Å²) in [6, 6.07) is 0. The van der Waals surface area contributed by atoms with Crippen LogP contribution in [0.15, 0.2) is 0 Å². The molecule has 0 aliphatic rings. The van der Waals surface area contributed by atoms with Crippen molar-refractivity contribution in [3.8, 4) is 0 Å². The maximum atomic E-state index is 7.00. The van der Waals surface area contributed by atoms with Crippen LogP contribution in [0.4, 0.5) is 0 Å². The van der Waals surface area contributed by atoms with Crippen LogP contribution in [0.25, 0.3) is 0 Å². The van der Waals surface area contributed by atoms with Gasteiger partial charge in [-0.1, -0.05) is 0 Å². The molecule has 0 unspecified atom stereocenters. The van der Waals surface area contributed by atoms with Gasteiger partial charge in [-0.15, -0.1) is 0 Å². The van der Waals surface area contributed by atoms with E-state index in [1.165, 1.54) is 0 Å². The molecule has 0 aromatic heterocycles. The second-order valence-corrected chi connectivity index (χ2v) is 0.115. The van der Waals surface area contributed by atoms with Crippen molar-refractivity contribution >= 4 is 29.6 Å². The Morgan fingerprint density at radius 1 is 1.25 bits per heavy atom. The van der Waals surface area contributed by atoms with Crippen LogP contribution in [0.1, 0.15) is 0 Å². The average Bonchev–Trinajstić information content (AvgIpc) is 0.918. The normalized spacial score (nSPS) is 4.50. The number of aliphatic hydroxyl groups is 2. The van der Waals surface area contributed by atoms with Gasteiger partial charge in [0, 0.05) is 0 Å². The summed E-state index contributed by atoms with van der Waals surface area (Å²) in [5.74, 6) is 0. The van der Waals surface area contributed by atoms with Gasteiger partial charge in [0.15, 0.2) is 0 Å². The Hall–Kier alpha value is 0.920. The van der Waals surface area contributed by atoms with E-state index in [1.54, 1.807) is 0 Å². The minimum atomic E-state index is 0. The van der Waals surface area contributed by atoms with Crippen LogP contribution < -0.4 is 0 Å². The van der Waals surface area contributed by atoms with Crippen molar-refractivity contribution in [3.05, 3.63) is 6.79 Å². The Balaban J connectivity index is 0. The molecule has 0 atom stereocenters. The molecule has 0 rings (SSSR count). The van der Waals surface area contributed by atoms with Crippen molar-refractivity contribution in [3.63, 3.8) is 0 Å². The number of aliphatic hydroxyl groups excluding tert-OH is 1. The third-order valence-electron chi connectivity index (χ3n) is 0. The quantitative estimate of drug-likeness (QED) is 0.367. The van der Waals surface area contributed by atoms with E-state index in [0.717, 1.165) is 0 Å². The van der Waals surface area contributed by atoms with Crippen molar-refractivity contribution in [2.45, 2.75) is 0 Å². The molecular weight excluding hydrogens is 67.0 g/mol. The molecule has 0 heterocycles. The zero-order chi connectivity index (χ0) is 2.71. The summed E-state index contributed by atoms with van der Waals surface area (Å²) in [5.41, 5.74) is 0. The number of hydrogen-bond donors (Lipinski definition) is 2. The summed E-state index contributed by atoms with van der Waals surface area (Å²) < 4.78 is 0. The van der Waals surface area contributed by atoms with Crippen LogP contribution in [0.2, 0.25) is 0 Å². The van der Waals surface area contributed by atoms with Crippen molar-refractivity contribution < 1.29 is 10.2 Å². The molecule has 3 heteroatoms. The average molecular weight is 71.0 g/mol.